The van der Waals surface area contributed by atoms with Crippen molar-refractivity contribution in [3.8, 4) is 5.75 Å². The SMILES string of the molecule is CNC(c1cccc(Cl)c1C)c1ccc(C)c(C)c1OC. The third kappa shape index (κ3) is 2.92. The van der Waals surface area contributed by atoms with Crippen molar-refractivity contribution in [2.75, 3.05) is 14.2 Å². The third-order valence-corrected chi connectivity index (χ3v) is 4.54. The fraction of sp³-hybridized carbons (Fsp3) is 0.333. The van der Waals surface area contributed by atoms with Gasteiger partial charge in [-0.3, -0.25) is 0 Å². The highest BCUT2D eigenvalue weighted by molar-refractivity contribution is 6.31. The number of ether oxygens (including phenoxy) is 1. The Balaban J connectivity index is 2.62. The molecule has 0 amide bonds. The molecule has 1 N–H and O–H groups in total. The first kappa shape index (κ1) is 15.9. The molecule has 0 aliphatic rings. The second-order valence-corrected chi connectivity index (χ2v) is 5.71. The van der Waals surface area contributed by atoms with Gasteiger partial charge in [-0.15, -0.1) is 0 Å². The largest absolute Gasteiger partial charge is 0.496 e. The summed E-state index contributed by atoms with van der Waals surface area (Å²) in [6.45, 7) is 6.24. The minimum Gasteiger partial charge on any atom is -0.496 e. The summed E-state index contributed by atoms with van der Waals surface area (Å²) in [5.41, 5.74) is 5.81. The van der Waals surface area contributed by atoms with Crippen molar-refractivity contribution < 1.29 is 4.74 Å². The average Bonchev–Trinajstić information content (AvgIpc) is 2.48. The van der Waals surface area contributed by atoms with Crippen LogP contribution in [0.1, 0.15) is 33.9 Å². The maximum Gasteiger partial charge on any atom is 0.127 e. The van der Waals surface area contributed by atoms with Crippen molar-refractivity contribution in [2.24, 2.45) is 0 Å². The fourth-order valence-electron chi connectivity index (χ4n) is 2.72. The number of nitrogens with one attached hydrogen (secondary N) is 1. The van der Waals surface area contributed by atoms with Gasteiger partial charge in [-0.2, -0.15) is 0 Å². The minimum atomic E-state index is 0.0537. The summed E-state index contributed by atoms with van der Waals surface area (Å²) in [5.74, 6) is 0.939. The first-order chi connectivity index (χ1) is 10.0. The molecule has 21 heavy (non-hydrogen) atoms. The Kier molecular flexibility index (Phi) is 4.92. The van der Waals surface area contributed by atoms with Gasteiger partial charge in [-0.25, -0.2) is 0 Å². The normalized spacial score (nSPS) is 12.3. The van der Waals surface area contributed by atoms with Crippen molar-refractivity contribution in [3.05, 3.63) is 63.2 Å². The van der Waals surface area contributed by atoms with Gasteiger partial charge >= 0.3 is 0 Å². The Hall–Kier alpha value is -1.51. The highest BCUT2D eigenvalue weighted by Gasteiger charge is 2.20. The molecule has 0 aliphatic heterocycles. The van der Waals surface area contributed by atoms with Crippen LogP contribution in [0.15, 0.2) is 30.3 Å². The van der Waals surface area contributed by atoms with Crippen LogP contribution in [-0.4, -0.2) is 14.2 Å². The summed E-state index contributed by atoms with van der Waals surface area (Å²) in [7, 11) is 3.68. The van der Waals surface area contributed by atoms with Crippen molar-refractivity contribution in [1.82, 2.24) is 5.32 Å². The molecule has 2 aromatic carbocycles. The molecule has 1 atom stereocenters. The second kappa shape index (κ2) is 6.50. The maximum atomic E-state index is 6.27. The van der Waals surface area contributed by atoms with E-state index in [2.05, 4.69) is 44.3 Å². The molecule has 112 valence electrons. The van der Waals surface area contributed by atoms with E-state index in [-0.39, 0.29) is 6.04 Å². The van der Waals surface area contributed by atoms with Crippen LogP contribution in [0.5, 0.6) is 5.75 Å². The maximum absolute atomic E-state index is 6.27. The molecule has 0 fully saturated rings. The lowest BCUT2D eigenvalue weighted by molar-refractivity contribution is 0.402. The van der Waals surface area contributed by atoms with E-state index in [0.29, 0.717) is 0 Å². The van der Waals surface area contributed by atoms with Gasteiger partial charge in [-0.1, -0.05) is 35.9 Å². The Bertz CT molecular complexity index is 652. The van der Waals surface area contributed by atoms with Crippen LogP contribution in [0.2, 0.25) is 5.02 Å². The standard InChI is InChI=1S/C18H22ClNO/c1-11-9-10-15(18(21-5)12(11)2)17(20-4)14-7-6-8-16(19)13(14)3/h6-10,17,20H,1-5H3. The van der Waals surface area contributed by atoms with Crippen LogP contribution in [-0.2, 0) is 0 Å². The van der Waals surface area contributed by atoms with E-state index in [4.69, 9.17) is 16.3 Å². The zero-order chi connectivity index (χ0) is 15.6. The van der Waals surface area contributed by atoms with Gasteiger partial charge in [0, 0.05) is 10.6 Å². The lowest BCUT2D eigenvalue weighted by Gasteiger charge is -2.23. The molecule has 1 unspecified atom stereocenters. The number of methoxy groups -OCH3 is 1. The topological polar surface area (TPSA) is 21.3 Å². The summed E-state index contributed by atoms with van der Waals surface area (Å²) < 4.78 is 5.66. The predicted octanol–water partition coefficient (Wildman–Crippen LogP) is 4.58. The lowest BCUT2D eigenvalue weighted by Crippen LogP contribution is -2.20. The van der Waals surface area contributed by atoms with E-state index >= 15 is 0 Å². The van der Waals surface area contributed by atoms with Crippen LogP contribution in [0.3, 0.4) is 0 Å². The smallest absolute Gasteiger partial charge is 0.127 e. The van der Waals surface area contributed by atoms with Gasteiger partial charge in [0.05, 0.1) is 13.2 Å². The molecule has 0 saturated carbocycles. The molecule has 0 radical (unpaired) electrons. The monoisotopic (exact) mass is 303 g/mol. The number of halogens is 1. The van der Waals surface area contributed by atoms with Gasteiger partial charge < -0.3 is 10.1 Å². The summed E-state index contributed by atoms with van der Waals surface area (Å²) in [6, 6.07) is 10.3. The molecular weight excluding hydrogens is 282 g/mol. The van der Waals surface area contributed by atoms with Gasteiger partial charge in [0.1, 0.15) is 5.75 Å². The highest BCUT2D eigenvalue weighted by atomic mass is 35.5. The summed E-state index contributed by atoms with van der Waals surface area (Å²) in [4.78, 5) is 0. The van der Waals surface area contributed by atoms with Crippen LogP contribution < -0.4 is 10.1 Å². The molecule has 0 spiro atoms. The van der Waals surface area contributed by atoms with Gasteiger partial charge in [0.25, 0.3) is 0 Å². The van der Waals surface area contributed by atoms with Crippen molar-refractivity contribution >= 4 is 11.6 Å². The molecule has 2 nitrogen and oxygen atoms in total. The van der Waals surface area contributed by atoms with E-state index in [1.165, 1.54) is 16.7 Å². The Morgan fingerprint density at radius 1 is 1.00 bits per heavy atom. The third-order valence-electron chi connectivity index (χ3n) is 4.13. The second-order valence-electron chi connectivity index (χ2n) is 5.31. The Morgan fingerprint density at radius 3 is 2.33 bits per heavy atom. The molecule has 2 aromatic rings. The van der Waals surface area contributed by atoms with Gasteiger partial charge in [0.15, 0.2) is 0 Å². The zero-order valence-electron chi connectivity index (χ0n) is 13.3. The molecule has 0 heterocycles. The fourth-order valence-corrected chi connectivity index (χ4v) is 2.91. The molecule has 0 saturated heterocycles. The zero-order valence-corrected chi connectivity index (χ0v) is 14.0. The number of benzene rings is 2. The Labute approximate surface area is 132 Å². The van der Waals surface area contributed by atoms with E-state index in [1.807, 2.05) is 19.2 Å². The van der Waals surface area contributed by atoms with Crippen LogP contribution in [0.4, 0.5) is 0 Å². The molecule has 0 aromatic heterocycles. The first-order valence-corrected chi connectivity index (χ1v) is 7.45. The Morgan fingerprint density at radius 2 is 1.71 bits per heavy atom. The molecule has 0 bridgehead atoms. The molecular formula is C18H22ClNO. The van der Waals surface area contributed by atoms with E-state index in [1.54, 1.807) is 7.11 Å². The van der Waals surface area contributed by atoms with E-state index in [9.17, 15) is 0 Å². The van der Waals surface area contributed by atoms with Crippen molar-refractivity contribution in [1.29, 1.82) is 0 Å². The van der Waals surface area contributed by atoms with Crippen LogP contribution >= 0.6 is 11.6 Å². The summed E-state index contributed by atoms with van der Waals surface area (Å²) >= 11 is 6.27. The van der Waals surface area contributed by atoms with Crippen molar-refractivity contribution in [2.45, 2.75) is 26.8 Å². The van der Waals surface area contributed by atoms with Gasteiger partial charge in [0.2, 0.25) is 0 Å². The highest BCUT2D eigenvalue weighted by Crippen LogP contribution is 2.36. The van der Waals surface area contributed by atoms with Crippen LogP contribution in [0.25, 0.3) is 0 Å². The van der Waals surface area contributed by atoms with Gasteiger partial charge in [-0.05, 0) is 56.1 Å². The molecule has 0 aliphatic carbocycles. The quantitative estimate of drug-likeness (QED) is 0.892. The number of aryl methyl sites for hydroxylation is 1. The van der Waals surface area contributed by atoms with Crippen molar-refractivity contribution in [3.63, 3.8) is 0 Å². The van der Waals surface area contributed by atoms with Crippen LogP contribution in [0, 0.1) is 20.8 Å². The van der Waals surface area contributed by atoms with E-state index in [0.717, 1.165) is 21.9 Å². The average molecular weight is 304 g/mol. The number of hydrogen-bond donors (Lipinski definition) is 1. The summed E-state index contributed by atoms with van der Waals surface area (Å²) in [6.07, 6.45) is 0. The molecule has 2 rings (SSSR count). The number of hydrogen-bond acceptors (Lipinski definition) is 2. The minimum absolute atomic E-state index is 0.0537. The van der Waals surface area contributed by atoms with E-state index < -0.39 is 0 Å². The molecule has 3 heteroatoms. The summed E-state index contributed by atoms with van der Waals surface area (Å²) in [5, 5.41) is 4.17. The predicted molar refractivity (Wildman–Crippen MR) is 89.6 cm³/mol. The lowest BCUT2D eigenvalue weighted by atomic mass is 9.92. The number of rotatable bonds is 4. The first-order valence-electron chi connectivity index (χ1n) is 7.07.